The number of nitrogens with one attached hydrogen (secondary N) is 3. The molecule has 8 nitrogen and oxygen atoms in total. The third-order valence-corrected chi connectivity index (χ3v) is 7.46. The minimum Gasteiger partial charge on any atom is -0.336 e. The molecule has 10 heteroatoms. The van der Waals surface area contributed by atoms with Gasteiger partial charge >= 0.3 is 6.03 Å². The average molecular weight is 458 g/mol. The Bertz CT molecular complexity index is 1220. The summed E-state index contributed by atoms with van der Waals surface area (Å²) in [6.07, 6.45) is 0. The summed E-state index contributed by atoms with van der Waals surface area (Å²) in [5, 5.41) is 5.96. The number of amides is 3. The number of rotatable bonds is 6. The second-order valence-corrected chi connectivity index (χ2v) is 9.88. The summed E-state index contributed by atoms with van der Waals surface area (Å²) in [6.45, 7) is 6.93. The zero-order valence-electron chi connectivity index (χ0n) is 17.4. The second-order valence-electron chi connectivity index (χ2n) is 7.35. The number of aromatic nitrogens is 2. The number of thiophene rings is 1. The molecule has 1 saturated heterocycles. The molecule has 3 heterocycles. The van der Waals surface area contributed by atoms with Crippen LogP contribution in [-0.2, 0) is 10.5 Å². The summed E-state index contributed by atoms with van der Waals surface area (Å²) >= 11 is 2.91. The number of H-pyrrole nitrogens is 1. The van der Waals surface area contributed by atoms with E-state index in [-0.39, 0.29) is 22.7 Å². The van der Waals surface area contributed by atoms with Gasteiger partial charge in [-0.05, 0) is 44.5 Å². The lowest BCUT2D eigenvalue weighted by Gasteiger charge is -2.16. The van der Waals surface area contributed by atoms with Crippen molar-refractivity contribution in [1.82, 2.24) is 15.3 Å². The molecule has 0 bridgehead atoms. The van der Waals surface area contributed by atoms with Crippen molar-refractivity contribution < 1.29 is 9.59 Å². The summed E-state index contributed by atoms with van der Waals surface area (Å²) in [5.74, 6) is 0.828. The van der Waals surface area contributed by atoms with Crippen molar-refractivity contribution >= 4 is 56.6 Å². The van der Waals surface area contributed by atoms with Crippen LogP contribution in [-0.4, -0.2) is 40.2 Å². The van der Waals surface area contributed by atoms with Crippen LogP contribution in [0.25, 0.3) is 10.2 Å². The highest BCUT2D eigenvalue weighted by Gasteiger charge is 2.22. The number of urea groups is 1. The van der Waals surface area contributed by atoms with Crippen LogP contribution < -0.4 is 21.1 Å². The quantitative estimate of drug-likeness (QED) is 0.526. The molecule has 3 amide bonds. The van der Waals surface area contributed by atoms with Crippen molar-refractivity contribution in [3.63, 3.8) is 0 Å². The van der Waals surface area contributed by atoms with Crippen molar-refractivity contribution in [2.24, 2.45) is 0 Å². The van der Waals surface area contributed by atoms with Gasteiger partial charge in [-0.1, -0.05) is 6.07 Å². The van der Waals surface area contributed by atoms with E-state index in [2.05, 4.69) is 20.6 Å². The van der Waals surface area contributed by atoms with Gasteiger partial charge in [0.1, 0.15) is 10.7 Å². The Morgan fingerprint density at radius 2 is 2.16 bits per heavy atom. The van der Waals surface area contributed by atoms with E-state index in [4.69, 9.17) is 0 Å². The maximum absolute atomic E-state index is 12.6. The van der Waals surface area contributed by atoms with E-state index >= 15 is 0 Å². The van der Waals surface area contributed by atoms with Gasteiger partial charge in [-0.25, -0.2) is 9.78 Å². The summed E-state index contributed by atoms with van der Waals surface area (Å²) in [4.78, 5) is 47.8. The van der Waals surface area contributed by atoms with Gasteiger partial charge in [0.05, 0.1) is 16.4 Å². The first-order valence-corrected chi connectivity index (χ1v) is 11.8. The number of aromatic amines is 1. The Labute approximate surface area is 187 Å². The van der Waals surface area contributed by atoms with Gasteiger partial charge in [0.2, 0.25) is 5.91 Å². The smallest absolute Gasteiger partial charge is 0.321 e. The Kier molecular flexibility index (Phi) is 6.01. The van der Waals surface area contributed by atoms with Gasteiger partial charge in [0.25, 0.3) is 5.56 Å². The van der Waals surface area contributed by atoms with E-state index in [0.717, 1.165) is 21.0 Å². The second kappa shape index (κ2) is 8.72. The van der Waals surface area contributed by atoms with E-state index in [1.165, 1.54) is 23.1 Å². The molecule has 1 aromatic carbocycles. The van der Waals surface area contributed by atoms with E-state index < -0.39 is 0 Å². The molecule has 4 rings (SSSR count). The number of carbonyl (C=O) groups is 2. The SMILES string of the molecule is Cc1sc2nc(CSC(C)C(=O)Nc3cccc(N4CCNC4=O)c3)[nH]c(=O)c2c1C. The molecule has 31 heavy (non-hydrogen) atoms. The molecule has 3 aromatic rings. The molecule has 0 saturated carbocycles. The minimum absolute atomic E-state index is 0.137. The minimum atomic E-state index is -0.355. The number of aryl methyl sites for hydroxylation is 2. The van der Waals surface area contributed by atoms with Crippen LogP contribution in [0.5, 0.6) is 0 Å². The maximum atomic E-state index is 12.6. The fourth-order valence-electron chi connectivity index (χ4n) is 3.36. The first-order valence-electron chi connectivity index (χ1n) is 9.90. The fraction of sp³-hybridized carbons (Fsp3) is 0.333. The number of benzene rings is 1. The Morgan fingerprint density at radius 3 is 2.90 bits per heavy atom. The molecule has 0 spiro atoms. The molecule has 162 valence electrons. The molecule has 1 atom stereocenters. The Hall–Kier alpha value is -2.85. The lowest BCUT2D eigenvalue weighted by molar-refractivity contribution is -0.115. The van der Waals surface area contributed by atoms with Crippen LogP contribution in [0.3, 0.4) is 0 Å². The van der Waals surface area contributed by atoms with Crippen LogP contribution in [0.1, 0.15) is 23.2 Å². The van der Waals surface area contributed by atoms with Gasteiger partial charge in [0.15, 0.2) is 0 Å². The molecule has 1 unspecified atom stereocenters. The standard InChI is InChI=1S/C21H23N5O3S2/c1-11-12(2)31-20-17(11)19(28)24-16(25-20)10-30-13(3)18(27)23-14-5-4-6-15(9-14)26-8-7-22-21(26)29/h4-6,9,13H,7-8,10H2,1-3H3,(H,22,29)(H,23,27)(H,24,25,28). The van der Waals surface area contributed by atoms with E-state index in [0.29, 0.717) is 35.7 Å². The summed E-state index contributed by atoms with van der Waals surface area (Å²) in [5.41, 5.74) is 2.20. The number of nitrogens with zero attached hydrogens (tertiary/aromatic N) is 2. The van der Waals surface area contributed by atoms with E-state index in [9.17, 15) is 14.4 Å². The van der Waals surface area contributed by atoms with Crippen LogP contribution >= 0.6 is 23.1 Å². The van der Waals surface area contributed by atoms with Crippen molar-refractivity contribution in [3.05, 3.63) is 50.9 Å². The van der Waals surface area contributed by atoms with Gasteiger partial charge in [-0.15, -0.1) is 23.1 Å². The van der Waals surface area contributed by atoms with Crippen LogP contribution in [0.15, 0.2) is 29.1 Å². The zero-order chi connectivity index (χ0) is 22.1. The van der Waals surface area contributed by atoms with Crippen molar-refractivity contribution in [3.8, 4) is 0 Å². The largest absolute Gasteiger partial charge is 0.336 e. The topological polar surface area (TPSA) is 107 Å². The Balaban J connectivity index is 1.40. The third-order valence-electron chi connectivity index (χ3n) is 5.21. The predicted molar refractivity (Wildman–Crippen MR) is 126 cm³/mol. The monoisotopic (exact) mass is 457 g/mol. The molecule has 1 fully saturated rings. The van der Waals surface area contributed by atoms with Crippen LogP contribution in [0.2, 0.25) is 0 Å². The highest BCUT2D eigenvalue weighted by atomic mass is 32.2. The summed E-state index contributed by atoms with van der Waals surface area (Å²) in [7, 11) is 0. The number of thioether (sulfide) groups is 1. The normalized spacial score (nSPS) is 14.7. The fourth-order valence-corrected chi connectivity index (χ4v) is 5.16. The van der Waals surface area contributed by atoms with Crippen molar-refractivity contribution in [2.45, 2.75) is 31.8 Å². The molecule has 1 aliphatic rings. The number of carbonyl (C=O) groups excluding carboxylic acids is 2. The number of hydrogen-bond acceptors (Lipinski definition) is 6. The molecule has 1 aliphatic heterocycles. The average Bonchev–Trinajstić information content (AvgIpc) is 3.29. The Morgan fingerprint density at radius 1 is 1.35 bits per heavy atom. The van der Waals surface area contributed by atoms with E-state index in [1.54, 1.807) is 17.0 Å². The van der Waals surface area contributed by atoms with E-state index in [1.807, 2.05) is 32.9 Å². The molecule has 3 N–H and O–H groups in total. The van der Waals surface area contributed by atoms with Gasteiger partial charge in [-0.2, -0.15) is 0 Å². The molecule has 0 radical (unpaired) electrons. The van der Waals surface area contributed by atoms with Gasteiger partial charge in [0, 0.05) is 29.3 Å². The van der Waals surface area contributed by atoms with Crippen LogP contribution in [0.4, 0.5) is 16.2 Å². The first-order chi connectivity index (χ1) is 14.8. The lowest BCUT2D eigenvalue weighted by Crippen LogP contribution is -2.28. The maximum Gasteiger partial charge on any atom is 0.321 e. The van der Waals surface area contributed by atoms with Gasteiger partial charge in [-0.3, -0.25) is 14.5 Å². The molecular formula is C21H23N5O3S2. The lowest BCUT2D eigenvalue weighted by atomic mass is 10.2. The highest BCUT2D eigenvalue weighted by Crippen LogP contribution is 2.27. The molecular weight excluding hydrogens is 434 g/mol. The third kappa shape index (κ3) is 4.45. The first kappa shape index (κ1) is 21.4. The zero-order valence-corrected chi connectivity index (χ0v) is 19.1. The van der Waals surface area contributed by atoms with Crippen LogP contribution in [0, 0.1) is 13.8 Å². The number of fused-ring (bicyclic) bond motifs is 1. The van der Waals surface area contributed by atoms with Crippen molar-refractivity contribution in [2.75, 3.05) is 23.3 Å². The summed E-state index contributed by atoms with van der Waals surface area (Å²) in [6, 6.07) is 7.09. The predicted octanol–water partition coefficient (Wildman–Crippen LogP) is 3.39. The highest BCUT2D eigenvalue weighted by molar-refractivity contribution is 7.99. The molecule has 2 aromatic heterocycles. The number of anilines is 2. The van der Waals surface area contributed by atoms with Gasteiger partial charge < -0.3 is 15.6 Å². The summed E-state index contributed by atoms with van der Waals surface area (Å²) < 4.78 is 0. The molecule has 0 aliphatic carbocycles. The number of hydrogen-bond donors (Lipinski definition) is 3. The van der Waals surface area contributed by atoms with Crippen molar-refractivity contribution in [1.29, 1.82) is 0 Å².